The maximum Gasteiger partial charge on any atom is 0.236 e. The van der Waals surface area contributed by atoms with Crippen LogP contribution in [-0.4, -0.2) is 70.2 Å². The fourth-order valence-electron chi connectivity index (χ4n) is 3.43. The van der Waals surface area contributed by atoms with Gasteiger partial charge in [0.05, 0.1) is 5.75 Å². The van der Waals surface area contributed by atoms with Crippen LogP contribution in [0.5, 0.6) is 0 Å². The molecular formula is C20H25N5O3S2. The average molecular weight is 448 g/mol. The molecule has 0 spiro atoms. The maximum atomic E-state index is 12.6. The molecule has 1 aliphatic carbocycles. The molecular weight excluding hydrogens is 422 g/mol. The largest absolute Gasteiger partial charge is 0.339 e. The summed E-state index contributed by atoms with van der Waals surface area (Å²) in [5.74, 6) is 1.17. The molecule has 10 heteroatoms. The molecule has 2 aromatic rings. The first-order valence-electron chi connectivity index (χ1n) is 9.99. The number of benzene rings is 1. The summed E-state index contributed by atoms with van der Waals surface area (Å²) in [5.41, 5.74) is 0.834. The first-order chi connectivity index (χ1) is 14.4. The molecule has 0 unspecified atom stereocenters. The smallest absolute Gasteiger partial charge is 0.236 e. The Morgan fingerprint density at radius 2 is 1.83 bits per heavy atom. The van der Waals surface area contributed by atoms with Crippen LogP contribution >= 0.6 is 11.8 Å². The highest BCUT2D eigenvalue weighted by molar-refractivity contribution is 7.99. The summed E-state index contributed by atoms with van der Waals surface area (Å²) in [4.78, 5) is 14.3. The zero-order chi connectivity index (χ0) is 21.1. The summed E-state index contributed by atoms with van der Waals surface area (Å²) in [6, 6.07) is 9.79. The zero-order valence-electron chi connectivity index (χ0n) is 16.8. The van der Waals surface area contributed by atoms with E-state index in [0.29, 0.717) is 32.2 Å². The summed E-state index contributed by atoms with van der Waals surface area (Å²) in [6.45, 7) is 3.33. The molecule has 0 radical (unpaired) electrons. The molecule has 8 nitrogen and oxygen atoms in total. The number of hydrogen-bond acceptors (Lipinski definition) is 6. The van der Waals surface area contributed by atoms with Crippen molar-refractivity contribution in [1.29, 1.82) is 0 Å². The van der Waals surface area contributed by atoms with Crippen LogP contribution in [-0.2, 0) is 14.8 Å². The first kappa shape index (κ1) is 21.1. The van der Waals surface area contributed by atoms with E-state index in [-0.39, 0.29) is 11.7 Å². The van der Waals surface area contributed by atoms with Gasteiger partial charge in [-0.1, -0.05) is 42.1 Å². The summed E-state index contributed by atoms with van der Waals surface area (Å²) in [5, 5.41) is 10.4. The van der Waals surface area contributed by atoms with Gasteiger partial charge in [0.1, 0.15) is 5.82 Å². The van der Waals surface area contributed by atoms with Crippen molar-refractivity contribution < 1.29 is 13.2 Å². The Hall–Kier alpha value is -2.17. The third-order valence-electron chi connectivity index (χ3n) is 5.26. The number of sulfonamides is 1. The highest BCUT2D eigenvalue weighted by Gasteiger charge is 2.30. The number of aromatic nitrogens is 3. The average Bonchev–Trinajstić information content (AvgIpc) is 3.53. The number of nitrogens with zero attached hydrogens (tertiary/aromatic N) is 5. The second kappa shape index (κ2) is 8.91. The van der Waals surface area contributed by atoms with Crippen LogP contribution in [0.4, 0.5) is 0 Å². The van der Waals surface area contributed by atoms with Crippen molar-refractivity contribution in [3.05, 3.63) is 47.1 Å². The quantitative estimate of drug-likeness (QED) is 0.605. The van der Waals surface area contributed by atoms with Crippen molar-refractivity contribution >= 4 is 33.8 Å². The van der Waals surface area contributed by atoms with E-state index in [2.05, 4.69) is 14.8 Å². The summed E-state index contributed by atoms with van der Waals surface area (Å²) >= 11 is 1.41. The molecule has 2 heterocycles. The number of carbonyl (C=O) groups is 1. The molecule has 30 heavy (non-hydrogen) atoms. The van der Waals surface area contributed by atoms with Gasteiger partial charge in [-0.25, -0.2) is 8.42 Å². The highest BCUT2D eigenvalue weighted by Crippen LogP contribution is 2.38. The molecule has 1 saturated carbocycles. The Morgan fingerprint density at radius 1 is 1.13 bits per heavy atom. The number of carbonyl (C=O) groups excluding carboxylic acids is 1. The molecule has 1 aromatic carbocycles. The summed E-state index contributed by atoms with van der Waals surface area (Å²) in [7, 11) is -3.50. The van der Waals surface area contributed by atoms with Crippen LogP contribution in [0, 0.1) is 6.92 Å². The molecule has 0 atom stereocenters. The van der Waals surface area contributed by atoms with Gasteiger partial charge in [0.15, 0.2) is 5.16 Å². The molecule has 0 bridgehead atoms. The summed E-state index contributed by atoms with van der Waals surface area (Å²) in [6.07, 6.45) is 3.87. The van der Waals surface area contributed by atoms with Crippen molar-refractivity contribution in [2.75, 3.05) is 31.9 Å². The van der Waals surface area contributed by atoms with Gasteiger partial charge >= 0.3 is 0 Å². The normalized spacial score (nSPS) is 18.2. The lowest BCUT2D eigenvalue weighted by Crippen LogP contribution is -2.50. The Morgan fingerprint density at radius 3 is 2.50 bits per heavy atom. The highest BCUT2D eigenvalue weighted by atomic mass is 32.2. The molecule has 0 N–H and O–H groups in total. The zero-order valence-corrected chi connectivity index (χ0v) is 18.5. The van der Waals surface area contributed by atoms with Crippen molar-refractivity contribution in [2.24, 2.45) is 0 Å². The van der Waals surface area contributed by atoms with Gasteiger partial charge in [-0.2, -0.15) is 4.31 Å². The van der Waals surface area contributed by atoms with E-state index in [4.69, 9.17) is 0 Å². The topological polar surface area (TPSA) is 88.4 Å². The second-order valence-corrected chi connectivity index (χ2v) is 10.2. The van der Waals surface area contributed by atoms with E-state index in [1.165, 1.54) is 21.5 Å². The Kier molecular flexibility index (Phi) is 6.26. The fourth-order valence-corrected chi connectivity index (χ4v) is 5.55. The minimum absolute atomic E-state index is 0.000115. The molecule has 1 aliphatic heterocycles. The van der Waals surface area contributed by atoms with Crippen molar-refractivity contribution in [3.63, 3.8) is 0 Å². The Balaban J connectivity index is 1.28. The number of amides is 1. The van der Waals surface area contributed by atoms with Gasteiger partial charge in [-0.05, 0) is 31.4 Å². The fraction of sp³-hybridized carbons (Fsp3) is 0.450. The maximum absolute atomic E-state index is 12.6. The Bertz CT molecular complexity index is 1020. The van der Waals surface area contributed by atoms with Gasteiger partial charge in [-0.3, -0.25) is 4.79 Å². The minimum Gasteiger partial charge on any atom is -0.339 e. The lowest BCUT2D eigenvalue weighted by molar-refractivity contribution is -0.129. The van der Waals surface area contributed by atoms with Crippen molar-refractivity contribution in [3.8, 4) is 0 Å². The number of rotatable bonds is 7. The molecule has 4 rings (SSSR count). The van der Waals surface area contributed by atoms with Gasteiger partial charge in [0, 0.05) is 37.6 Å². The third kappa shape index (κ3) is 4.93. The van der Waals surface area contributed by atoms with E-state index < -0.39 is 10.0 Å². The van der Waals surface area contributed by atoms with Crippen molar-refractivity contribution in [2.45, 2.75) is 31.0 Å². The van der Waals surface area contributed by atoms with Gasteiger partial charge in [-0.15, -0.1) is 10.2 Å². The number of thioether (sulfide) groups is 1. The number of piperazine rings is 1. The van der Waals surface area contributed by atoms with E-state index >= 15 is 0 Å². The van der Waals surface area contributed by atoms with Crippen molar-refractivity contribution in [1.82, 2.24) is 24.0 Å². The molecule has 2 fully saturated rings. The van der Waals surface area contributed by atoms with Crippen LogP contribution in [0.1, 0.15) is 30.3 Å². The van der Waals surface area contributed by atoms with Gasteiger partial charge < -0.3 is 9.47 Å². The predicted octanol–water partition coefficient (Wildman–Crippen LogP) is 2.16. The molecule has 160 valence electrons. The number of hydrogen-bond donors (Lipinski definition) is 0. The Labute approximate surface area is 181 Å². The van der Waals surface area contributed by atoms with E-state index in [9.17, 15) is 13.2 Å². The van der Waals surface area contributed by atoms with Crippen LogP contribution in [0.2, 0.25) is 0 Å². The van der Waals surface area contributed by atoms with Crippen LogP contribution in [0.3, 0.4) is 0 Å². The monoisotopic (exact) mass is 447 g/mol. The third-order valence-corrected chi connectivity index (χ3v) is 7.75. The van der Waals surface area contributed by atoms with E-state index in [0.717, 1.165) is 29.4 Å². The molecule has 1 saturated heterocycles. The van der Waals surface area contributed by atoms with E-state index in [1.807, 2.05) is 37.3 Å². The van der Waals surface area contributed by atoms with E-state index in [1.54, 1.807) is 11.0 Å². The van der Waals surface area contributed by atoms with Gasteiger partial charge in [0.2, 0.25) is 15.9 Å². The van der Waals surface area contributed by atoms with Crippen LogP contribution < -0.4 is 0 Å². The minimum atomic E-state index is -3.50. The van der Waals surface area contributed by atoms with Crippen LogP contribution in [0.15, 0.2) is 40.9 Å². The molecule has 2 aliphatic rings. The summed E-state index contributed by atoms with van der Waals surface area (Å²) < 4.78 is 28.7. The van der Waals surface area contributed by atoms with Gasteiger partial charge in [0.25, 0.3) is 0 Å². The number of aryl methyl sites for hydroxylation is 1. The standard InChI is InChI=1S/C20H25N5O3S2/c1-16-21-22-20(25(16)18-7-8-18)29-15-19(26)23-10-12-24(13-11-23)30(27,28)14-9-17-5-3-2-4-6-17/h2-6,9,14,18H,7-8,10-13,15H2,1H3/b14-9+. The molecule has 1 aromatic heterocycles. The lowest BCUT2D eigenvalue weighted by Gasteiger charge is -2.33. The predicted molar refractivity (Wildman–Crippen MR) is 116 cm³/mol. The first-order valence-corrected chi connectivity index (χ1v) is 12.5. The SMILES string of the molecule is Cc1nnc(SCC(=O)N2CCN(S(=O)(=O)/C=C/c3ccccc3)CC2)n1C1CC1. The molecule has 1 amide bonds. The second-order valence-electron chi connectivity index (χ2n) is 7.46. The van der Waals surface area contributed by atoms with Crippen LogP contribution in [0.25, 0.3) is 6.08 Å². The lowest BCUT2D eigenvalue weighted by atomic mass is 10.2.